The van der Waals surface area contributed by atoms with Crippen LogP contribution in [-0.4, -0.2) is 24.2 Å². The van der Waals surface area contributed by atoms with E-state index in [0.717, 1.165) is 17.8 Å². The third-order valence-corrected chi connectivity index (χ3v) is 3.32. The highest BCUT2D eigenvalue weighted by atomic mass is 16.5. The van der Waals surface area contributed by atoms with Crippen LogP contribution in [0.1, 0.15) is 58.3 Å². The third-order valence-electron chi connectivity index (χ3n) is 3.32. The van der Waals surface area contributed by atoms with Gasteiger partial charge in [0.05, 0.1) is 19.8 Å². The van der Waals surface area contributed by atoms with Gasteiger partial charge >= 0.3 is 0 Å². The number of hydrogen-bond acceptors (Lipinski definition) is 4. The van der Waals surface area contributed by atoms with Crippen LogP contribution < -0.4 is 9.47 Å². The maximum Gasteiger partial charge on any atom is 0.224 e. The van der Waals surface area contributed by atoms with Gasteiger partial charge in [-0.25, -0.2) is 0 Å². The fourth-order valence-corrected chi connectivity index (χ4v) is 1.75. The Kier molecular flexibility index (Phi) is 4.54. The molecule has 0 aliphatic rings. The lowest BCUT2D eigenvalue weighted by molar-refractivity contribution is 0.333. The predicted molar refractivity (Wildman–Crippen MR) is 72.5 cm³/mol. The van der Waals surface area contributed by atoms with Crippen LogP contribution >= 0.6 is 0 Å². The van der Waals surface area contributed by atoms with E-state index in [0.29, 0.717) is 11.8 Å². The summed E-state index contributed by atoms with van der Waals surface area (Å²) in [6.07, 6.45) is 0.962. The zero-order chi connectivity index (χ0) is 13.9. The lowest BCUT2D eigenvalue weighted by Gasteiger charge is -2.26. The molecule has 0 N–H and O–H groups in total. The van der Waals surface area contributed by atoms with E-state index in [1.165, 1.54) is 0 Å². The molecule has 0 fully saturated rings. The first-order valence-corrected chi connectivity index (χ1v) is 6.37. The maximum atomic E-state index is 5.44. The van der Waals surface area contributed by atoms with Crippen molar-refractivity contribution in [2.75, 3.05) is 14.2 Å². The molecule has 0 saturated heterocycles. The van der Waals surface area contributed by atoms with Gasteiger partial charge in [0.25, 0.3) is 0 Å². The molecule has 18 heavy (non-hydrogen) atoms. The van der Waals surface area contributed by atoms with E-state index in [-0.39, 0.29) is 11.3 Å². The number of nitrogens with zero attached hydrogens (tertiary/aromatic N) is 2. The number of rotatable bonds is 5. The van der Waals surface area contributed by atoms with Gasteiger partial charge in [0.2, 0.25) is 11.8 Å². The van der Waals surface area contributed by atoms with Gasteiger partial charge in [-0.05, 0) is 6.42 Å². The highest BCUT2D eigenvalue weighted by Gasteiger charge is 2.30. The molecular formula is C14H24N2O2. The fraction of sp³-hybridized carbons (Fsp3) is 0.714. The van der Waals surface area contributed by atoms with Gasteiger partial charge in [-0.3, -0.25) is 0 Å². The van der Waals surface area contributed by atoms with Crippen LogP contribution in [0.15, 0.2) is 0 Å². The van der Waals surface area contributed by atoms with Crippen LogP contribution in [0.2, 0.25) is 0 Å². The Labute approximate surface area is 110 Å². The second kappa shape index (κ2) is 5.55. The van der Waals surface area contributed by atoms with Gasteiger partial charge in [0.15, 0.2) is 0 Å². The summed E-state index contributed by atoms with van der Waals surface area (Å²) >= 11 is 0. The van der Waals surface area contributed by atoms with Crippen LogP contribution in [0.25, 0.3) is 0 Å². The second-order valence-corrected chi connectivity index (χ2v) is 5.37. The predicted octanol–water partition coefficient (Wildman–Crippen LogP) is 3.30. The zero-order valence-corrected chi connectivity index (χ0v) is 12.5. The van der Waals surface area contributed by atoms with Gasteiger partial charge < -0.3 is 9.47 Å². The fourth-order valence-electron chi connectivity index (χ4n) is 1.75. The Balaban J connectivity index is 3.49. The van der Waals surface area contributed by atoms with E-state index in [4.69, 9.17) is 9.47 Å². The van der Waals surface area contributed by atoms with Crippen molar-refractivity contribution in [3.05, 3.63) is 11.4 Å². The minimum absolute atomic E-state index is 0.0772. The van der Waals surface area contributed by atoms with Crippen molar-refractivity contribution in [1.82, 2.24) is 9.97 Å². The Morgan fingerprint density at radius 3 is 1.78 bits per heavy atom. The van der Waals surface area contributed by atoms with E-state index >= 15 is 0 Å². The maximum absolute atomic E-state index is 5.44. The van der Waals surface area contributed by atoms with Gasteiger partial charge in [-0.2, -0.15) is 9.97 Å². The van der Waals surface area contributed by atoms with Crippen molar-refractivity contribution in [3.8, 4) is 11.8 Å². The van der Waals surface area contributed by atoms with Crippen LogP contribution in [0.4, 0.5) is 0 Å². The molecule has 4 heteroatoms. The average molecular weight is 252 g/mol. The summed E-state index contributed by atoms with van der Waals surface area (Å²) in [5.74, 6) is 2.24. The molecule has 0 amide bonds. The molecule has 0 atom stereocenters. The lowest BCUT2D eigenvalue weighted by atomic mass is 9.83. The molecule has 0 unspecified atom stereocenters. The molecule has 1 rings (SSSR count). The number of methoxy groups -OCH3 is 2. The Morgan fingerprint density at radius 1 is 1.06 bits per heavy atom. The molecule has 1 aromatic rings. The molecule has 0 aliphatic heterocycles. The highest BCUT2D eigenvalue weighted by Crippen LogP contribution is 2.39. The summed E-state index contributed by atoms with van der Waals surface area (Å²) in [5.41, 5.74) is 0.867. The summed E-state index contributed by atoms with van der Waals surface area (Å²) in [6, 6.07) is 0. The topological polar surface area (TPSA) is 44.2 Å². The molecule has 0 aromatic carbocycles. The van der Waals surface area contributed by atoms with Crippen molar-refractivity contribution in [1.29, 1.82) is 0 Å². The van der Waals surface area contributed by atoms with Gasteiger partial charge in [0.1, 0.15) is 5.82 Å². The number of ether oxygens (including phenoxy) is 2. The first-order valence-electron chi connectivity index (χ1n) is 6.37. The summed E-state index contributed by atoms with van der Waals surface area (Å²) in [6.45, 7) is 10.5. The molecule has 0 spiro atoms. The molecule has 0 bridgehead atoms. The van der Waals surface area contributed by atoms with E-state index in [1.54, 1.807) is 14.2 Å². The first-order chi connectivity index (χ1) is 8.37. The summed E-state index contributed by atoms with van der Waals surface area (Å²) in [5, 5.41) is 0. The lowest BCUT2D eigenvalue weighted by Crippen LogP contribution is -2.20. The quantitative estimate of drug-likeness (QED) is 0.806. The highest BCUT2D eigenvalue weighted by molar-refractivity contribution is 5.42. The molecule has 0 saturated carbocycles. The van der Waals surface area contributed by atoms with Crippen molar-refractivity contribution in [2.45, 2.75) is 52.4 Å². The van der Waals surface area contributed by atoms with E-state index in [1.807, 2.05) is 0 Å². The minimum atomic E-state index is -0.0772. The van der Waals surface area contributed by atoms with Crippen LogP contribution in [0, 0.1) is 0 Å². The van der Waals surface area contributed by atoms with Crippen LogP contribution in [0.5, 0.6) is 11.8 Å². The average Bonchev–Trinajstić information content (AvgIpc) is 2.36. The van der Waals surface area contributed by atoms with Gasteiger partial charge in [-0.1, -0.05) is 34.6 Å². The number of hydrogen-bond donors (Lipinski definition) is 0. The van der Waals surface area contributed by atoms with Crippen LogP contribution in [-0.2, 0) is 5.41 Å². The van der Waals surface area contributed by atoms with Gasteiger partial charge in [0, 0.05) is 11.3 Å². The molecular weight excluding hydrogens is 228 g/mol. The van der Waals surface area contributed by atoms with E-state index in [2.05, 4.69) is 44.6 Å². The summed E-state index contributed by atoms with van der Waals surface area (Å²) in [7, 11) is 3.28. The summed E-state index contributed by atoms with van der Waals surface area (Å²) < 4.78 is 10.9. The van der Waals surface area contributed by atoms with Gasteiger partial charge in [-0.15, -0.1) is 0 Å². The molecule has 4 nitrogen and oxygen atoms in total. The smallest absolute Gasteiger partial charge is 0.224 e. The largest absolute Gasteiger partial charge is 0.481 e. The minimum Gasteiger partial charge on any atom is -0.481 e. The Hall–Kier alpha value is -1.32. The van der Waals surface area contributed by atoms with Crippen molar-refractivity contribution in [2.24, 2.45) is 0 Å². The van der Waals surface area contributed by atoms with E-state index < -0.39 is 0 Å². The Bertz CT molecular complexity index is 389. The second-order valence-electron chi connectivity index (χ2n) is 5.37. The zero-order valence-electron chi connectivity index (χ0n) is 12.5. The monoisotopic (exact) mass is 252 g/mol. The van der Waals surface area contributed by atoms with E-state index in [9.17, 15) is 0 Å². The normalized spacial score (nSPS) is 11.8. The van der Waals surface area contributed by atoms with Crippen molar-refractivity contribution in [3.63, 3.8) is 0 Å². The summed E-state index contributed by atoms with van der Waals surface area (Å²) in [4.78, 5) is 9.00. The molecule has 0 radical (unpaired) electrons. The first kappa shape index (κ1) is 14.7. The van der Waals surface area contributed by atoms with Crippen molar-refractivity contribution < 1.29 is 9.47 Å². The van der Waals surface area contributed by atoms with Crippen molar-refractivity contribution >= 4 is 0 Å². The Morgan fingerprint density at radius 2 is 1.50 bits per heavy atom. The van der Waals surface area contributed by atoms with Crippen LogP contribution in [0.3, 0.4) is 0 Å². The SMILES string of the molecule is CCC(C)(C)c1c(OC)nc(C(C)C)nc1OC. The number of aromatic nitrogens is 2. The molecule has 1 aromatic heterocycles. The molecule has 0 aliphatic carbocycles. The standard InChI is InChI=1S/C14H24N2O2/c1-8-14(4,5)10-12(17-6)15-11(9(2)3)16-13(10)18-7/h9H,8H2,1-7H3. The third kappa shape index (κ3) is 2.74. The molecule has 1 heterocycles. The molecule has 102 valence electrons.